The molecule has 2 amide bonds. The fraction of sp³-hybridized carbons (Fsp3) is 0.500. The van der Waals surface area contributed by atoms with Gasteiger partial charge in [0.05, 0.1) is 6.10 Å². The number of aliphatic hydroxyl groups is 1. The molecule has 1 atom stereocenters. The highest BCUT2D eigenvalue weighted by atomic mass is 16.3. The van der Waals surface area contributed by atoms with Gasteiger partial charge in [0.1, 0.15) is 0 Å². The molecule has 0 spiro atoms. The second-order valence-electron chi connectivity index (χ2n) is 4.75. The minimum atomic E-state index is -0.531. The number of benzene rings is 1. The van der Waals surface area contributed by atoms with Crippen molar-refractivity contribution in [3.05, 3.63) is 35.9 Å². The summed E-state index contributed by atoms with van der Waals surface area (Å²) in [7, 11) is 0. The number of amides is 2. The first-order valence-corrected chi connectivity index (χ1v) is 6.34. The Morgan fingerprint density at radius 2 is 1.89 bits per heavy atom. The van der Waals surface area contributed by atoms with Gasteiger partial charge in [-0.2, -0.15) is 0 Å². The molecule has 4 heteroatoms. The molecule has 0 aromatic heterocycles. The number of nitrogens with one attached hydrogen (secondary N) is 2. The number of carbonyl (C=O) groups is 1. The quantitative estimate of drug-likeness (QED) is 0.723. The van der Waals surface area contributed by atoms with Crippen LogP contribution in [-0.2, 0) is 0 Å². The van der Waals surface area contributed by atoms with Gasteiger partial charge in [-0.05, 0) is 17.9 Å². The zero-order valence-corrected chi connectivity index (χ0v) is 11.0. The molecule has 1 unspecified atom stereocenters. The third-order valence-electron chi connectivity index (χ3n) is 2.56. The third-order valence-corrected chi connectivity index (χ3v) is 2.56. The van der Waals surface area contributed by atoms with E-state index in [1.54, 1.807) is 0 Å². The number of hydrogen-bond acceptors (Lipinski definition) is 2. The molecule has 0 aliphatic heterocycles. The van der Waals surface area contributed by atoms with E-state index in [-0.39, 0.29) is 6.03 Å². The second-order valence-corrected chi connectivity index (χ2v) is 4.75. The average molecular weight is 250 g/mol. The van der Waals surface area contributed by atoms with Gasteiger partial charge in [-0.15, -0.1) is 0 Å². The minimum Gasteiger partial charge on any atom is -0.388 e. The lowest BCUT2D eigenvalue weighted by molar-refractivity contribution is 0.167. The van der Waals surface area contributed by atoms with Crippen molar-refractivity contribution in [3.8, 4) is 0 Å². The van der Waals surface area contributed by atoms with Crippen molar-refractivity contribution >= 4 is 6.03 Å². The first kappa shape index (κ1) is 14.5. The van der Waals surface area contributed by atoms with Crippen LogP contribution in [-0.4, -0.2) is 24.2 Å². The van der Waals surface area contributed by atoms with Crippen LogP contribution < -0.4 is 10.6 Å². The number of aliphatic hydroxyl groups excluding tert-OH is 1. The topological polar surface area (TPSA) is 61.4 Å². The first-order chi connectivity index (χ1) is 8.59. The predicted octanol–water partition coefficient (Wildman–Crippen LogP) is 2.07. The smallest absolute Gasteiger partial charge is 0.314 e. The summed E-state index contributed by atoms with van der Waals surface area (Å²) in [5, 5.41) is 15.4. The summed E-state index contributed by atoms with van der Waals surface area (Å²) in [4.78, 5) is 11.4. The van der Waals surface area contributed by atoms with Crippen molar-refractivity contribution in [1.82, 2.24) is 10.6 Å². The molecular formula is C14H22N2O2. The van der Waals surface area contributed by atoms with Crippen LogP contribution in [0.25, 0.3) is 0 Å². The molecule has 0 fully saturated rings. The van der Waals surface area contributed by atoms with Crippen LogP contribution >= 0.6 is 0 Å². The summed E-state index contributed by atoms with van der Waals surface area (Å²) in [5.74, 6) is 0.436. The van der Waals surface area contributed by atoms with Crippen molar-refractivity contribution in [2.75, 3.05) is 13.1 Å². The van der Waals surface area contributed by atoms with Crippen molar-refractivity contribution in [1.29, 1.82) is 0 Å². The van der Waals surface area contributed by atoms with Crippen LogP contribution in [0, 0.1) is 5.92 Å². The Morgan fingerprint density at radius 1 is 1.22 bits per heavy atom. The standard InChI is InChI=1S/C14H22N2O2/c1-11(2)10-16-14(18)15-9-8-13(17)12-6-4-3-5-7-12/h3-7,11,13,17H,8-10H2,1-2H3,(H2,15,16,18). The second kappa shape index (κ2) is 7.71. The maximum absolute atomic E-state index is 11.4. The van der Waals surface area contributed by atoms with Gasteiger partial charge in [0.15, 0.2) is 0 Å². The van der Waals surface area contributed by atoms with Crippen LogP contribution in [0.5, 0.6) is 0 Å². The Hall–Kier alpha value is -1.55. The van der Waals surface area contributed by atoms with E-state index in [0.717, 1.165) is 5.56 Å². The Bertz CT molecular complexity index is 352. The van der Waals surface area contributed by atoms with Crippen LogP contribution in [0.2, 0.25) is 0 Å². The van der Waals surface area contributed by atoms with E-state index in [1.165, 1.54) is 0 Å². The van der Waals surface area contributed by atoms with Crippen LogP contribution in [0.3, 0.4) is 0 Å². The molecule has 0 saturated carbocycles. The molecular weight excluding hydrogens is 228 g/mol. The molecule has 0 bridgehead atoms. The monoisotopic (exact) mass is 250 g/mol. The predicted molar refractivity (Wildman–Crippen MR) is 72.3 cm³/mol. The van der Waals surface area contributed by atoms with Gasteiger partial charge >= 0.3 is 6.03 Å². The number of carbonyl (C=O) groups excluding carboxylic acids is 1. The molecule has 1 rings (SSSR count). The van der Waals surface area contributed by atoms with Gasteiger partial charge in [0.25, 0.3) is 0 Å². The summed E-state index contributed by atoms with van der Waals surface area (Å²) < 4.78 is 0. The number of rotatable bonds is 6. The number of hydrogen-bond donors (Lipinski definition) is 3. The maximum Gasteiger partial charge on any atom is 0.314 e. The van der Waals surface area contributed by atoms with Gasteiger partial charge in [0.2, 0.25) is 0 Å². The van der Waals surface area contributed by atoms with Gasteiger partial charge in [-0.25, -0.2) is 4.79 Å². The summed E-state index contributed by atoms with van der Waals surface area (Å²) in [5.41, 5.74) is 0.877. The maximum atomic E-state index is 11.4. The highest BCUT2D eigenvalue weighted by Crippen LogP contribution is 2.14. The summed E-state index contributed by atoms with van der Waals surface area (Å²) in [6, 6.07) is 9.27. The van der Waals surface area contributed by atoms with E-state index < -0.39 is 6.10 Å². The molecule has 0 aliphatic rings. The largest absolute Gasteiger partial charge is 0.388 e. The molecule has 3 N–H and O–H groups in total. The van der Waals surface area contributed by atoms with E-state index in [0.29, 0.717) is 25.4 Å². The van der Waals surface area contributed by atoms with E-state index in [1.807, 2.05) is 44.2 Å². The fourth-order valence-electron chi connectivity index (χ4n) is 1.52. The van der Waals surface area contributed by atoms with Crippen LogP contribution in [0.1, 0.15) is 31.9 Å². The zero-order chi connectivity index (χ0) is 13.4. The van der Waals surface area contributed by atoms with Crippen LogP contribution in [0.15, 0.2) is 30.3 Å². The Morgan fingerprint density at radius 3 is 2.50 bits per heavy atom. The van der Waals surface area contributed by atoms with Crippen molar-refractivity contribution in [3.63, 3.8) is 0 Å². The molecule has 0 radical (unpaired) electrons. The molecule has 100 valence electrons. The Labute approximate surface area is 108 Å². The minimum absolute atomic E-state index is 0.177. The van der Waals surface area contributed by atoms with Crippen molar-refractivity contribution in [2.24, 2.45) is 5.92 Å². The molecule has 0 heterocycles. The van der Waals surface area contributed by atoms with Crippen molar-refractivity contribution in [2.45, 2.75) is 26.4 Å². The molecule has 0 aliphatic carbocycles. The van der Waals surface area contributed by atoms with E-state index >= 15 is 0 Å². The van der Waals surface area contributed by atoms with Crippen molar-refractivity contribution < 1.29 is 9.90 Å². The average Bonchev–Trinajstić information content (AvgIpc) is 2.37. The van der Waals surface area contributed by atoms with Gasteiger partial charge in [-0.1, -0.05) is 44.2 Å². The van der Waals surface area contributed by atoms with E-state index in [4.69, 9.17) is 0 Å². The Balaban J connectivity index is 2.19. The summed E-state index contributed by atoms with van der Waals surface area (Å²) >= 11 is 0. The SMILES string of the molecule is CC(C)CNC(=O)NCCC(O)c1ccccc1. The first-order valence-electron chi connectivity index (χ1n) is 6.34. The molecule has 0 saturated heterocycles. The van der Waals surface area contributed by atoms with Gasteiger partial charge < -0.3 is 15.7 Å². The molecule has 18 heavy (non-hydrogen) atoms. The molecule has 1 aromatic carbocycles. The molecule has 1 aromatic rings. The van der Waals surface area contributed by atoms with Gasteiger partial charge in [-0.3, -0.25) is 0 Å². The lowest BCUT2D eigenvalue weighted by atomic mass is 10.1. The highest BCUT2D eigenvalue weighted by Gasteiger charge is 2.07. The summed E-state index contributed by atoms with van der Waals surface area (Å²) in [6.45, 7) is 5.20. The normalized spacial score (nSPS) is 12.2. The lowest BCUT2D eigenvalue weighted by Gasteiger charge is -2.12. The Kier molecular flexibility index (Phi) is 6.22. The van der Waals surface area contributed by atoms with E-state index in [2.05, 4.69) is 10.6 Å². The highest BCUT2D eigenvalue weighted by molar-refractivity contribution is 5.73. The van der Waals surface area contributed by atoms with Gasteiger partial charge in [0, 0.05) is 13.1 Å². The number of urea groups is 1. The summed E-state index contributed by atoms with van der Waals surface area (Å²) in [6.07, 6.45) is -0.0179. The van der Waals surface area contributed by atoms with Crippen LogP contribution in [0.4, 0.5) is 4.79 Å². The molecule has 4 nitrogen and oxygen atoms in total. The fourth-order valence-corrected chi connectivity index (χ4v) is 1.52. The zero-order valence-electron chi connectivity index (χ0n) is 11.0. The third kappa shape index (κ3) is 5.68. The lowest BCUT2D eigenvalue weighted by Crippen LogP contribution is -2.38. The van der Waals surface area contributed by atoms with E-state index in [9.17, 15) is 9.90 Å².